The summed E-state index contributed by atoms with van der Waals surface area (Å²) in [6, 6.07) is 10.8. The Morgan fingerprint density at radius 3 is 2.08 bits per heavy atom. The van der Waals surface area contributed by atoms with Gasteiger partial charge in [0, 0.05) is 11.5 Å². The zero-order valence-corrected chi connectivity index (χ0v) is 15.6. The summed E-state index contributed by atoms with van der Waals surface area (Å²) in [6.07, 6.45) is 9.67. The minimum atomic E-state index is 0. The molecule has 1 aromatic rings. The van der Waals surface area contributed by atoms with E-state index in [-0.39, 0.29) is 23.5 Å². The fourth-order valence-corrected chi connectivity index (χ4v) is 3.88. The SMILES string of the molecule is CCCCOC1CCC(CCSc2ccccc2)CC1.F.F.F.F.F. The molecule has 0 aliphatic heterocycles. The van der Waals surface area contributed by atoms with Crippen molar-refractivity contribution in [1.82, 2.24) is 0 Å². The van der Waals surface area contributed by atoms with Gasteiger partial charge in [0.25, 0.3) is 0 Å². The lowest BCUT2D eigenvalue weighted by Gasteiger charge is -2.28. The standard InChI is InChI=1S/C18H28OS.5FH/c1-2-3-14-19-17-11-9-16(10-12-17)13-15-20-18-7-5-4-6-8-18;;;;;/h4-8,16-17H,2-3,9-15H2,1H3;5*1H. The summed E-state index contributed by atoms with van der Waals surface area (Å²) in [5.41, 5.74) is 0. The third-order valence-corrected chi connectivity index (χ3v) is 5.23. The van der Waals surface area contributed by atoms with Crippen molar-refractivity contribution in [2.24, 2.45) is 5.92 Å². The van der Waals surface area contributed by atoms with Crippen LogP contribution in [0.3, 0.4) is 0 Å². The number of ether oxygens (including phenoxy) is 1. The maximum absolute atomic E-state index is 5.94. The van der Waals surface area contributed by atoms with Crippen molar-refractivity contribution < 1.29 is 28.3 Å². The van der Waals surface area contributed by atoms with Gasteiger partial charge in [-0.15, -0.1) is 11.8 Å². The maximum atomic E-state index is 5.94. The first kappa shape index (κ1) is 31.9. The molecule has 1 aliphatic rings. The Morgan fingerprint density at radius 1 is 0.920 bits per heavy atom. The lowest BCUT2D eigenvalue weighted by molar-refractivity contribution is 0.0165. The molecule has 7 heteroatoms. The lowest BCUT2D eigenvalue weighted by Crippen LogP contribution is -2.22. The normalized spacial score (nSPS) is 18.3. The molecular formula is C18H33F5OS. The van der Waals surface area contributed by atoms with E-state index in [1.54, 1.807) is 0 Å². The van der Waals surface area contributed by atoms with Crippen LogP contribution in [-0.2, 0) is 4.74 Å². The summed E-state index contributed by atoms with van der Waals surface area (Å²) >= 11 is 2.00. The highest BCUT2D eigenvalue weighted by Crippen LogP contribution is 2.30. The van der Waals surface area contributed by atoms with Crippen molar-refractivity contribution in [3.8, 4) is 0 Å². The molecule has 2 rings (SSSR count). The monoisotopic (exact) mass is 392 g/mol. The van der Waals surface area contributed by atoms with Crippen molar-refractivity contribution >= 4 is 11.8 Å². The number of benzene rings is 1. The summed E-state index contributed by atoms with van der Waals surface area (Å²) in [5, 5.41) is 0. The molecule has 1 aromatic carbocycles. The van der Waals surface area contributed by atoms with E-state index in [0.717, 1.165) is 12.5 Å². The van der Waals surface area contributed by atoms with Crippen LogP contribution in [0.15, 0.2) is 35.2 Å². The Kier molecular flexibility index (Phi) is 24.9. The molecule has 25 heavy (non-hydrogen) atoms. The van der Waals surface area contributed by atoms with Gasteiger partial charge < -0.3 is 4.74 Å². The highest BCUT2D eigenvalue weighted by Gasteiger charge is 2.21. The first-order valence-electron chi connectivity index (χ1n) is 8.18. The first-order chi connectivity index (χ1) is 9.88. The lowest BCUT2D eigenvalue weighted by atomic mass is 9.86. The predicted octanol–water partition coefficient (Wildman–Crippen LogP) is 6.31. The highest BCUT2D eigenvalue weighted by molar-refractivity contribution is 7.99. The van der Waals surface area contributed by atoms with E-state index in [1.165, 1.54) is 55.6 Å². The number of halogens is 5. The summed E-state index contributed by atoms with van der Waals surface area (Å²) in [6.45, 7) is 3.19. The second-order valence-corrected chi connectivity index (χ2v) is 6.99. The number of hydrogen-bond acceptors (Lipinski definition) is 2. The molecule has 0 saturated heterocycles. The van der Waals surface area contributed by atoms with Crippen LogP contribution in [0.4, 0.5) is 23.5 Å². The molecule has 0 unspecified atom stereocenters. The van der Waals surface area contributed by atoms with Crippen molar-refractivity contribution in [2.45, 2.75) is 62.9 Å². The van der Waals surface area contributed by atoms with Crippen LogP contribution in [0.2, 0.25) is 0 Å². The zero-order valence-electron chi connectivity index (χ0n) is 14.8. The molecule has 1 saturated carbocycles. The Labute approximate surface area is 152 Å². The summed E-state index contributed by atoms with van der Waals surface area (Å²) in [5.74, 6) is 2.19. The molecule has 152 valence electrons. The molecule has 0 amide bonds. The van der Waals surface area contributed by atoms with Gasteiger partial charge in [0.05, 0.1) is 6.10 Å². The minimum Gasteiger partial charge on any atom is -0.378 e. The fourth-order valence-electron chi connectivity index (χ4n) is 2.84. The van der Waals surface area contributed by atoms with Crippen molar-refractivity contribution in [1.29, 1.82) is 0 Å². The van der Waals surface area contributed by atoms with Crippen LogP contribution in [-0.4, -0.2) is 18.5 Å². The van der Waals surface area contributed by atoms with E-state index < -0.39 is 0 Å². The predicted molar refractivity (Wildman–Crippen MR) is 101 cm³/mol. The molecule has 1 aliphatic carbocycles. The summed E-state index contributed by atoms with van der Waals surface area (Å²) in [7, 11) is 0. The number of rotatable bonds is 8. The molecule has 0 heterocycles. The van der Waals surface area contributed by atoms with Gasteiger partial charge in [-0.2, -0.15) is 0 Å². The van der Waals surface area contributed by atoms with Crippen LogP contribution in [0.1, 0.15) is 51.9 Å². The zero-order chi connectivity index (χ0) is 14.0. The average molecular weight is 393 g/mol. The minimum absolute atomic E-state index is 0. The largest absolute Gasteiger partial charge is 0.378 e. The van der Waals surface area contributed by atoms with E-state index in [1.807, 2.05) is 11.8 Å². The van der Waals surface area contributed by atoms with Gasteiger partial charge in [-0.05, 0) is 62.3 Å². The third-order valence-electron chi connectivity index (χ3n) is 4.18. The van der Waals surface area contributed by atoms with Crippen LogP contribution in [0.25, 0.3) is 0 Å². The Bertz CT molecular complexity index is 362. The van der Waals surface area contributed by atoms with E-state index >= 15 is 0 Å². The van der Waals surface area contributed by atoms with Crippen LogP contribution < -0.4 is 0 Å². The average Bonchev–Trinajstić information content (AvgIpc) is 2.50. The second kappa shape index (κ2) is 19.5. The summed E-state index contributed by atoms with van der Waals surface area (Å²) < 4.78 is 5.94. The van der Waals surface area contributed by atoms with E-state index in [9.17, 15) is 0 Å². The topological polar surface area (TPSA) is 9.23 Å². The van der Waals surface area contributed by atoms with Gasteiger partial charge in [0.1, 0.15) is 0 Å². The van der Waals surface area contributed by atoms with Crippen LogP contribution >= 0.6 is 11.8 Å². The third kappa shape index (κ3) is 13.1. The first-order valence-corrected chi connectivity index (χ1v) is 9.16. The van der Waals surface area contributed by atoms with E-state index in [4.69, 9.17) is 4.74 Å². The molecule has 0 radical (unpaired) electrons. The number of hydrogen-bond donors (Lipinski definition) is 0. The van der Waals surface area contributed by atoms with Gasteiger partial charge in [0.2, 0.25) is 0 Å². The molecule has 1 nitrogen and oxygen atoms in total. The molecule has 0 aromatic heterocycles. The van der Waals surface area contributed by atoms with Crippen molar-refractivity contribution in [3.05, 3.63) is 30.3 Å². The molecule has 0 bridgehead atoms. The molecular weight excluding hydrogens is 359 g/mol. The summed E-state index contributed by atoms with van der Waals surface area (Å²) in [4.78, 5) is 1.41. The number of unbranched alkanes of at least 4 members (excludes halogenated alkanes) is 1. The van der Waals surface area contributed by atoms with Crippen molar-refractivity contribution in [3.63, 3.8) is 0 Å². The van der Waals surface area contributed by atoms with Gasteiger partial charge in [-0.25, -0.2) is 0 Å². The van der Waals surface area contributed by atoms with Gasteiger partial charge >= 0.3 is 0 Å². The molecule has 0 spiro atoms. The molecule has 1 fully saturated rings. The maximum Gasteiger partial charge on any atom is 0.0575 e. The Balaban J connectivity index is -0.000000441. The Morgan fingerprint density at radius 2 is 1.52 bits per heavy atom. The molecule has 0 atom stereocenters. The van der Waals surface area contributed by atoms with Crippen LogP contribution in [0.5, 0.6) is 0 Å². The smallest absolute Gasteiger partial charge is 0.0575 e. The van der Waals surface area contributed by atoms with Gasteiger partial charge in [0.15, 0.2) is 0 Å². The van der Waals surface area contributed by atoms with Gasteiger partial charge in [-0.3, -0.25) is 23.5 Å². The van der Waals surface area contributed by atoms with E-state index in [0.29, 0.717) is 6.10 Å². The highest BCUT2D eigenvalue weighted by atomic mass is 32.2. The van der Waals surface area contributed by atoms with Gasteiger partial charge in [-0.1, -0.05) is 31.5 Å². The molecule has 0 N–H and O–H groups in total. The second-order valence-electron chi connectivity index (χ2n) is 5.82. The number of thioether (sulfide) groups is 1. The van der Waals surface area contributed by atoms with E-state index in [2.05, 4.69) is 37.3 Å². The van der Waals surface area contributed by atoms with Crippen LogP contribution in [0, 0.1) is 5.92 Å². The van der Waals surface area contributed by atoms with Crippen molar-refractivity contribution in [2.75, 3.05) is 12.4 Å². The fraction of sp³-hybridized carbons (Fsp3) is 0.667. The quantitative estimate of drug-likeness (QED) is 0.291. The Hall–Kier alpha value is -0.820.